The fourth-order valence-corrected chi connectivity index (χ4v) is 8.06. The van der Waals surface area contributed by atoms with E-state index in [0.717, 1.165) is 12.8 Å². The summed E-state index contributed by atoms with van der Waals surface area (Å²) in [7, 11) is -1.32. The molecule has 0 radical (unpaired) electrons. The van der Waals surface area contributed by atoms with Gasteiger partial charge in [-0.1, -0.05) is 106 Å². The van der Waals surface area contributed by atoms with Crippen molar-refractivity contribution >= 4 is 7.05 Å². The minimum absolute atomic E-state index is 0. The molecule has 0 saturated carbocycles. The molecule has 0 saturated heterocycles. The number of nitrogens with zero attached hydrogens (tertiary/aromatic N) is 1. The molecular formula is C29H54NPTi. The van der Waals surface area contributed by atoms with E-state index >= 15 is 0 Å². The fraction of sp³-hybridized carbons (Fsp3) is 0.724. The van der Waals surface area contributed by atoms with E-state index in [1.165, 1.54) is 43.4 Å². The van der Waals surface area contributed by atoms with E-state index in [2.05, 4.69) is 100 Å². The van der Waals surface area contributed by atoms with Crippen LogP contribution >= 0.6 is 7.05 Å². The Morgan fingerprint density at radius 2 is 1.31 bits per heavy atom. The van der Waals surface area contributed by atoms with Gasteiger partial charge in [-0.05, 0) is 73.5 Å². The first-order chi connectivity index (χ1) is 14.1. The Kier molecular flexibility index (Phi) is 16.8. The molecule has 0 heterocycles. The first-order valence-electron chi connectivity index (χ1n) is 12.3. The third kappa shape index (κ3) is 19.4. The summed E-state index contributed by atoms with van der Waals surface area (Å²) in [4.78, 5) is 0. The molecule has 0 aromatic heterocycles. The van der Waals surface area contributed by atoms with Gasteiger partial charge >= 0.3 is 0 Å². The molecule has 0 amide bonds. The molecule has 32 heavy (non-hydrogen) atoms. The molecule has 0 unspecified atom stereocenters. The molecule has 0 N–H and O–H groups in total. The standard InChI is InChI=1S/C23H44NP.C6H10.Ti/c1-21(2,3)14-17-25(18-15-22(4,5)6,19-16-23(7,8)9)24-20-12-10-11-13-20;1-3-5-6-4-2;/h10-12H,13-19H2,1-9H3;3,5-6H,1,4H2,2H3;. The van der Waals surface area contributed by atoms with Gasteiger partial charge in [-0.3, -0.25) is 4.74 Å². The molecule has 184 valence electrons. The monoisotopic (exact) mass is 495 g/mol. The van der Waals surface area contributed by atoms with Crippen molar-refractivity contribution < 1.29 is 21.7 Å². The van der Waals surface area contributed by atoms with Crippen LogP contribution in [0.4, 0.5) is 0 Å². The Labute approximate surface area is 217 Å². The molecule has 0 aromatic carbocycles. The summed E-state index contributed by atoms with van der Waals surface area (Å²) in [5, 5.41) is 0. The summed E-state index contributed by atoms with van der Waals surface area (Å²) in [5.41, 5.74) is 2.52. The van der Waals surface area contributed by atoms with Crippen LogP contribution in [-0.4, -0.2) is 18.5 Å². The summed E-state index contributed by atoms with van der Waals surface area (Å²) in [5.74, 6) is 0. The van der Waals surface area contributed by atoms with Gasteiger partial charge in [0, 0.05) is 33.8 Å². The summed E-state index contributed by atoms with van der Waals surface area (Å²) in [6, 6.07) is 0. The second-order valence-corrected chi connectivity index (χ2v) is 16.4. The zero-order valence-electron chi connectivity index (χ0n) is 23.2. The van der Waals surface area contributed by atoms with Gasteiger partial charge in [0.2, 0.25) is 0 Å². The second kappa shape index (κ2) is 15.7. The van der Waals surface area contributed by atoms with Crippen molar-refractivity contribution in [2.45, 2.75) is 101 Å². The van der Waals surface area contributed by atoms with Crippen LogP contribution in [0.5, 0.6) is 0 Å². The van der Waals surface area contributed by atoms with Gasteiger partial charge in [0.05, 0.1) is 0 Å². The normalized spacial score (nSPS) is 14.5. The molecule has 0 aromatic rings. The van der Waals surface area contributed by atoms with Crippen molar-refractivity contribution in [3.8, 4) is 0 Å². The molecule has 3 heteroatoms. The zero-order chi connectivity index (χ0) is 24.2. The predicted molar refractivity (Wildman–Crippen MR) is 148 cm³/mol. The largest absolute Gasteiger partial charge is 0.272 e. The maximum atomic E-state index is 5.53. The minimum Gasteiger partial charge on any atom is -0.272 e. The second-order valence-electron chi connectivity index (χ2n) is 12.7. The number of rotatable bonds is 9. The van der Waals surface area contributed by atoms with Crippen LogP contribution in [0, 0.1) is 16.2 Å². The number of hydrogen-bond acceptors (Lipinski definition) is 1. The third-order valence-electron chi connectivity index (χ3n) is 5.43. The van der Waals surface area contributed by atoms with Crippen molar-refractivity contribution in [2.24, 2.45) is 21.0 Å². The van der Waals surface area contributed by atoms with E-state index < -0.39 is 7.05 Å². The average Bonchev–Trinajstić information content (AvgIpc) is 3.12. The molecular weight excluding hydrogens is 441 g/mol. The van der Waals surface area contributed by atoms with Gasteiger partial charge in [0.15, 0.2) is 0 Å². The topological polar surface area (TPSA) is 12.4 Å². The van der Waals surface area contributed by atoms with Crippen molar-refractivity contribution in [1.29, 1.82) is 0 Å². The van der Waals surface area contributed by atoms with Crippen LogP contribution in [0.1, 0.15) is 101 Å². The number of hydrogen-bond donors (Lipinski definition) is 0. The molecule has 0 fully saturated rings. The Hall–Kier alpha value is -0.0957. The Bertz CT molecular complexity index is 608. The van der Waals surface area contributed by atoms with Gasteiger partial charge in [-0.25, -0.2) is 0 Å². The molecule has 1 rings (SSSR count). The van der Waals surface area contributed by atoms with E-state index in [0.29, 0.717) is 16.2 Å². The van der Waals surface area contributed by atoms with Gasteiger partial charge in [0.25, 0.3) is 0 Å². The van der Waals surface area contributed by atoms with Crippen molar-refractivity contribution in [3.05, 3.63) is 48.7 Å². The van der Waals surface area contributed by atoms with Crippen LogP contribution in [-0.2, 0) is 21.7 Å². The SMILES string of the molecule is C=CC=CCC.CC(C)(C)CCP(CCC(C)(C)C)(CCC(C)(C)C)=NC1=CC=CC1.[Ti]. The maximum Gasteiger partial charge on any atom is 0.0425 e. The molecule has 0 spiro atoms. The Balaban J connectivity index is 0. The van der Waals surface area contributed by atoms with Crippen molar-refractivity contribution in [3.63, 3.8) is 0 Å². The molecule has 1 nitrogen and oxygen atoms in total. The van der Waals surface area contributed by atoms with Crippen LogP contribution < -0.4 is 0 Å². The molecule has 0 aliphatic heterocycles. The van der Waals surface area contributed by atoms with Gasteiger partial charge in [0.1, 0.15) is 0 Å². The molecule has 0 bridgehead atoms. The van der Waals surface area contributed by atoms with Gasteiger partial charge < -0.3 is 0 Å². The molecule has 0 atom stereocenters. The zero-order valence-corrected chi connectivity index (χ0v) is 25.7. The Morgan fingerprint density at radius 3 is 1.56 bits per heavy atom. The quantitative estimate of drug-likeness (QED) is 0.171. The summed E-state index contributed by atoms with van der Waals surface area (Å²) < 4.78 is 5.53. The van der Waals surface area contributed by atoms with Crippen molar-refractivity contribution in [1.82, 2.24) is 0 Å². The summed E-state index contributed by atoms with van der Waals surface area (Å²) in [6.07, 6.45) is 22.5. The summed E-state index contributed by atoms with van der Waals surface area (Å²) in [6.45, 7) is 27.0. The van der Waals surface area contributed by atoms with E-state index in [4.69, 9.17) is 4.74 Å². The van der Waals surface area contributed by atoms with Crippen LogP contribution in [0.3, 0.4) is 0 Å². The van der Waals surface area contributed by atoms with E-state index in [1.54, 1.807) is 6.08 Å². The summed E-state index contributed by atoms with van der Waals surface area (Å²) >= 11 is 0. The van der Waals surface area contributed by atoms with Crippen molar-refractivity contribution in [2.75, 3.05) is 18.5 Å². The number of allylic oxidation sites excluding steroid dienone is 6. The molecule has 1 aliphatic rings. The maximum absolute atomic E-state index is 5.53. The van der Waals surface area contributed by atoms with Crippen LogP contribution in [0.2, 0.25) is 0 Å². The predicted octanol–water partition coefficient (Wildman–Crippen LogP) is 10.5. The first-order valence-corrected chi connectivity index (χ1v) is 14.6. The third-order valence-corrected chi connectivity index (χ3v) is 9.28. The van der Waals surface area contributed by atoms with E-state index in [9.17, 15) is 0 Å². The minimum atomic E-state index is -1.32. The fourth-order valence-electron chi connectivity index (χ4n) is 3.13. The molecule has 1 aliphatic carbocycles. The Morgan fingerprint density at radius 1 is 0.875 bits per heavy atom. The van der Waals surface area contributed by atoms with Gasteiger partial charge in [-0.15, -0.1) is 0 Å². The van der Waals surface area contributed by atoms with Crippen LogP contribution in [0.25, 0.3) is 0 Å². The van der Waals surface area contributed by atoms with E-state index in [-0.39, 0.29) is 21.7 Å². The van der Waals surface area contributed by atoms with Crippen LogP contribution in [0.15, 0.2) is 53.5 Å². The average molecular weight is 496 g/mol. The smallest absolute Gasteiger partial charge is 0.0425 e. The first kappa shape index (κ1) is 34.1. The van der Waals surface area contributed by atoms with Gasteiger partial charge in [-0.2, -0.15) is 0 Å². The van der Waals surface area contributed by atoms with E-state index in [1.807, 2.05) is 6.08 Å².